The minimum Gasteiger partial charge on any atom is -0.311 e. The molecule has 17 heavy (non-hydrogen) atoms. The zero-order chi connectivity index (χ0) is 12.7. The molecule has 0 unspecified atom stereocenters. The summed E-state index contributed by atoms with van der Waals surface area (Å²) in [5.41, 5.74) is 1.21. The van der Waals surface area contributed by atoms with Crippen LogP contribution in [-0.2, 0) is 6.54 Å². The summed E-state index contributed by atoms with van der Waals surface area (Å²) in [6.07, 6.45) is 0. The molecule has 0 heterocycles. The Morgan fingerprint density at radius 3 is 2.53 bits per heavy atom. The SMILES string of the molecule is CCN(CC)CCNCc1cc(Cl)cc(Br)c1. The fourth-order valence-electron chi connectivity index (χ4n) is 1.72. The van der Waals surface area contributed by atoms with Crippen LogP contribution in [0.15, 0.2) is 22.7 Å². The number of likely N-dealkylation sites (N-methyl/N-ethyl adjacent to an activating group) is 1. The Labute approximate surface area is 117 Å². The molecule has 0 spiro atoms. The van der Waals surface area contributed by atoms with Gasteiger partial charge >= 0.3 is 0 Å². The molecule has 2 nitrogen and oxygen atoms in total. The second-order valence-electron chi connectivity index (χ2n) is 3.98. The minimum absolute atomic E-state index is 0.778. The molecular formula is C13H20BrClN2. The highest BCUT2D eigenvalue weighted by molar-refractivity contribution is 9.10. The molecule has 1 rings (SSSR count). The van der Waals surface area contributed by atoms with E-state index in [4.69, 9.17) is 11.6 Å². The molecule has 0 aliphatic rings. The summed E-state index contributed by atoms with van der Waals surface area (Å²) in [5.74, 6) is 0. The van der Waals surface area contributed by atoms with E-state index in [9.17, 15) is 0 Å². The molecule has 96 valence electrons. The second kappa shape index (κ2) is 8.09. The van der Waals surface area contributed by atoms with Crippen LogP contribution in [-0.4, -0.2) is 31.1 Å². The zero-order valence-electron chi connectivity index (χ0n) is 10.5. The minimum atomic E-state index is 0.778. The Bertz CT molecular complexity index is 320. The van der Waals surface area contributed by atoms with Crippen molar-refractivity contribution < 1.29 is 0 Å². The Morgan fingerprint density at radius 1 is 1.24 bits per heavy atom. The lowest BCUT2D eigenvalue weighted by atomic mass is 10.2. The van der Waals surface area contributed by atoms with Crippen molar-refractivity contribution in [2.45, 2.75) is 20.4 Å². The Balaban J connectivity index is 2.31. The Morgan fingerprint density at radius 2 is 1.94 bits per heavy atom. The smallest absolute Gasteiger partial charge is 0.0420 e. The molecule has 4 heteroatoms. The quantitative estimate of drug-likeness (QED) is 0.773. The average molecular weight is 320 g/mol. The van der Waals surface area contributed by atoms with E-state index < -0.39 is 0 Å². The van der Waals surface area contributed by atoms with Gasteiger partial charge in [0, 0.05) is 29.1 Å². The molecule has 0 aliphatic heterocycles. The fraction of sp³-hybridized carbons (Fsp3) is 0.538. The third kappa shape index (κ3) is 5.87. The van der Waals surface area contributed by atoms with Gasteiger partial charge < -0.3 is 10.2 Å². The van der Waals surface area contributed by atoms with Gasteiger partial charge in [-0.3, -0.25) is 0 Å². The predicted octanol–water partition coefficient (Wildman–Crippen LogP) is 3.53. The summed E-state index contributed by atoms with van der Waals surface area (Å²) in [6, 6.07) is 5.99. The van der Waals surface area contributed by atoms with Crippen LogP contribution in [0, 0.1) is 0 Å². The van der Waals surface area contributed by atoms with Gasteiger partial charge in [0.25, 0.3) is 0 Å². The van der Waals surface area contributed by atoms with E-state index in [-0.39, 0.29) is 0 Å². The maximum atomic E-state index is 5.99. The summed E-state index contributed by atoms with van der Waals surface area (Å²) < 4.78 is 1.03. The third-order valence-corrected chi connectivity index (χ3v) is 3.43. The molecule has 1 aromatic rings. The maximum absolute atomic E-state index is 5.99. The molecule has 0 atom stereocenters. The van der Waals surface area contributed by atoms with Crippen molar-refractivity contribution in [2.75, 3.05) is 26.2 Å². The van der Waals surface area contributed by atoms with Crippen molar-refractivity contribution in [3.05, 3.63) is 33.3 Å². The van der Waals surface area contributed by atoms with Gasteiger partial charge in [-0.25, -0.2) is 0 Å². The van der Waals surface area contributed by atoms with Crippen molar-refractivity contribution in [3.63, 3.8) is 0 Å². The molecule has 0 amide bonds. The van der Waals surface area contributed by atoms with Gasteiger partial charge in [-0.1, -0.05) is 41.4 Å². The fourth-order valence-corrected chi connectivity index (χ4v) is 2.65. The van der Waals surface area contributed by atoms with E-state index >= 15 is 0 Å². The number of hydrogen-bond donors (Lipinski definition) is 1. The van der Waals surface area contributed by atoms with Crippen LogP contribution in [0.5, 0.6) is 0 Å². The van der Waals surface area contributed by atoms with Crippen LogP contribution in [0.4, 0.5) is 0 Å². The van der Waals surface area contributed by atoms with Crippen LogP contribution in [0.2, 0.25) is 5.02 Å². The number of halogens is 2. The van der Waals surface area contributed by atoms with Crippen LogP contribution in [0.25, 0.3) is 0 Å². The number of rotatable bonds is 7. The highest BCUT2D eigenvalue weighted by Gasteiger charge is 2.00. The number of nitrogens with one attached hydrogen (secondary N) is 1. The number of benzene rings is 1. The molecule has 0 bridgehead atoms. The van der Waals surface area contributed by atoms with E-state index in [1.165, 1.54) is 5.56 Å². The highest BCUT2D eigenvalue weighted by atomic mass is 79.9. The van der Waals surface area contributed by atoms with E-state index in [1.807, 2.05) is 12.1 Å². The van der Waals surface area contributed by atoms with Gasteiger partial charge in [0.2, 0.25) is 0 Å². The third-order valence-electron chi connectivity index (χ3n) is 2.75. The maximum Gasteiger partial charge on any atom is 0.0420 e. The van der Waals surface area contributed by atoms with Crippen molar-refractivity contribution >= 4 is 27.5 Å². The van der Waals surface area contributed by atoms with E-state index in [2.05, 4.69) is 46.1 Å². The van der Waals surface area contributed by atoms with Gasteiger partial charge in [-0.15, -0.1) is 0 Å². The predicted molar refractivity (Wildman–Crippen MR) is 78.6 cm³/mol. The molecule has 0 radical (unpaired) electrons. The van der Waals surface area contributed by atoms with Gasteiger partial charge in [-0.05, 0) is 36.9 Å². The molecule has 1 N–H and O–H groups in total. The van der Waals surface area contributed by atoms with Gasteiger partial charge in [0.1, 0.15) is 0 Å². The average Bonchev–Trinajstić information content (AvgIpc) is 2.28. The molecule has 1 aromatic carbocycles. The van der Waals surface area contributed by atoms with Crippen molar-refractivity contribution in [1.29, 1.82) is 0 Å². The topological polar surface area (TPSA) is 15.3 Å². The van der Waals surface area contributed by atoms with Crippen LogP contribution < -0.4 is 5.32 Å². The van der Waals surface area contributed by atoms with Gasteiger partial charge in [-0.2, -0.15) is 0 Å². The normalized spacial score (nSPS) is 11.1. The Hall–Kier alpha value is -0.0900. The highest BCUT2D eigenvalue weighted by Crippen LogP contribution is 2.19. The first-order valence-corrected chi connectivity index (χ1v) is 7.20. The number of nitrogens with zero attached hydrogens (tertiary/aromatic N) is 1. The summed E-state index contributed by atoms with van der Waals surface area (Å²) in [4.78, 5) is 2.40. The molecule has 0 fully saturated rings. The van der Waals surface area contributed by atoms with E-state index in [0.717, 1.165) is 42.2 Å². The summed E-state index contributed by atoms with van der Waals surface area (Å²) in [7, 11) is 0. The van der Waals surface area contributed by atoms with Crippen LogP contribution >= 0.6 is 27.5 Å². The van der Waals surface area contributed by atoms with Gasteiger partial charge in [0.15, 0.2) is 0 Å². The first-order valence-electron chi connectivity index (χ1n) is 6.03. The van der Waals surface area contributed by atoms with E-state index in [0.29, 0.717) is 0 Å². The van der Waals surface area contributed by atoms with Gasteiger partial charge in [0.05, 0.1) is 0 Å². The zero-order valence-corrected chi connectivity index (χ0v) is 12.8. The monoisotopic (exact) mass is 318 g/mol. The first kappa shape index (κ1) is 15.0. The van der Waals surface area contributed by atoms with Crippen molar-refractivity contribution in [1.82, 2.24) is 10.2 Å². The van der Waals surface area contributed by atoms with Crippen molar-refractivity contribution in [3.8, 4) is 0 Å². The van der Waals surface area contributed by atoms with Crippen LogP contribution in [0.3, 0.4) is 0 Å². The lowest BCUT2D eigenvalue weighted by Crippen LogP contribution is -2.31. The lowest BCUT2D eigenvalue weighted by molar-refractivity contribution is 0.302. The largest absolute Gasteiger partial charge is 0.311 e. The summed E-state index contributed by atoms with van der Waals surface area (Å²) >= 11 is 9.44. The first-order chi connectivity index (χ1) is 8.15. The molecule has 0 saturated heterocycles. The second-order valence-corrected chi connectivity index (χ2v) is 5.33. The lowest BCUT2D eigenvalue weighted by Gasteiger charge is -2.18. The molecule has 0 saturated carbocycles. The van der Waals surface area contributed by atoms with E-state index in [1.54, 1.807) is 0 Å². The summed E-state index contributed by atoms with van der Waals surface area (Å²) in [6.45, 7) is 9.57. The molecule has 0 aliphatic carbocycles. The molecular weight excluding hydrogens is 300 g/mol. The summed E-state index contributed by atoms with van der Waals surface area (Å²) in [5, 5.41) is 4.21. The molecule has 0 aromatic heterocycles. The van der Waals surface area contributed by atoms with Crippen LogP contribution in [0.1, 0.15) is 19.4 Å². The number of hydrogen-bond acceptors (Lipinski definition) is 2. The Kier molecular flexibility index (Phi) is 7.12. The standard InChI is InChI=1S/C13H20BrClN2/c1-3-17(4-2)6-5-16-10-11-7-12(14)9-13(15)8-11/h7-9,16H,3-6,10H2,1-2H3. The van der Waals surface area contributed by atoms with Crippen molar-refractivity contribution in [2.24, 2.45) is 0 Å².